The topological polar surface area (TPSA) is 42.3 Å². The molecule has 1 aliphatic heterocycles. The first-order valence-corrected chi connectivity index (χ1v) is 11.7. The number of fused-ring (bicyclic) bond motifs is 2. The van der Waals surface area contributed by atoms with Crippen molar-refractivity contribution in [1.29, 1.82) is 0 Å². The SMILES string of the molecule is Cc1cc(Cn2c(C(F)(C(F)(F)F)C(F)(F)F)cc3cc(Cl)ccc32)ccc1N1C(=O)c2ccccc2C1=O. The van der Waals surface area contributed by atoms with Gasteiger partial charge in [-0.25, -0.2) is 9.29 Å². The van der Waals surface area contributed by atoms with Gasteiger partial charge in [0.05, 0.1) is 22.5 Å². The van der Waals surface area contributed by atoms with Crippen LogP contribution in [0.3, 0.4) is 0 Å². The van der Waals surface area contributed by atoms with E-state index in [2.05, 4.69) is 0 Å². The van der Waals surface area contributed by atoms with Crippen LogP contribution in [0.25, 0.3) is 10.9 Å². The zero-order chi connectivity index (χ0) is 28.5. The molecule has 2 amide bonds. The van der Waals surface area contributed by atoms with Crippen LogP contribution in [-0.4, -0.2) is 28.7 Å². The molecule has 3 aromatic carbocycles. The Morgan fingerprint density at radius 2 is 1.36 bits per heavy atom. The summed E-state index contributed by atoms with van der Waals surface area (Å²) >= 11 is 5.88. The van der Waals surface area contributed by atoms with Gasteiger partial charge in [-0.15, -0.1) is 0 Å². The van der Waals surface area contributed by atoms with Crippen LogP contribution in [0.5, 0.6) is 0 Å². The van der Waals surface area contributed by atoms with Gasteiger partial charge in [0.1, 0.15) is 0 Å². The first kappa shape index (κ1) is 26.7. The van der Waals surface area contributed by atoms with E-state index in [9.17, 15) is 35.9 Å². The standard InChI is InChI=1S/C27H16ClF7N2O2/c1-14-10-15(6-8-20(14)37-23(38)18-4-2-3-5-19(18)24(37)39)13-36-21-9-7-17(28)11-16(21)12-22(36)25(29,26(30,31)32)27(33,34)35/h2-12H,13H2,1H3. The molecule has 1 aliphatic rings. The Balaban J connectivity index is 1.60. The molecule has 0 aliphatic carbocycles. The van der Waals surface area contributed by atoms with Crippen molar-refractivity contribution in [2.75, 3.05) is 4.90 Å². The summed E-state index contributed by atoms with van der Waals surface area (Å²) in [5, 5.41) is -0.0804. The third-order valence-electron chi connectivity index (χ3n) is 6.63. The quantitative estimate of drug-likeness (QED) is 0.187. The summed E-state index contributed by atoms with van der Waals surface area (Å²) in [5.41, 5.74) is -6.28. The average molecular weight is 569 g/mol. The number of anilines is 1. The number of aryl methyl sites for hydroxylation is 1. The lowest BCUT2D eigenvalue weighted by Gasteiger charge is -2.31. The fourth-order valence-corrected chi connectivity index (χ4v) is 4.99. The molecule has 202 valence electrons. The van der Waals surface area contributed by atoms with Crippen LogP contribution in [0.1, 0.15) is 37.5 Å². The maximum Gasteiger partial charge on any atom is 0.437 e. The maximum atomic E-state index is 15.2. The van der Waals surface area contributed by atoms with E-state index in [1.165, 1.54) is 49.4 Å². The Kier molecular flexibility index (Phi) is 6.06. The molecule has 1 aromatic heterocycles. The number of nitrogens with zero attached hydrogens (tertiary/aromatic N) is 2. The molecule has 2 heterocycles. The van der Waals surface area contributed by atoms with Crippen molar-refractivity contribution in [2.45, 2.75) is 31.5 Å². The molecule has 39 heavy (non-hydrogen) atoms. The fourth-order valence-electron chi connectivity index (χ4n) is 4.81. The zero-order valence-corrected chi connectivity index (χ0v) is 20.5. The molecule has 4 nitrogen and oxygen atoms in total. The van der Waals surface area contributed by atoms with E-state index in [4.69, 9.17) is 11.6 Å². The van der Waals surface area contributed by atoms with Gasteiger partial charge >= 0.3 is 18.0 Å². The Morgan fingerprint density at radius 1 is 0.769 bits per heavy atom. The minimum absolute atomic E-state index is 0.0378. The Hall–Kier alpha value is -3.86. The molecule has 4 aromatic rings. The highest BCUT2D eigenvalue weighted by Crippen LogP contribution is 2.54. The molecular formula is C27H16ClF7N2O2. The molecule has 0 radical (unpaired) electrons. The smallest absolute Gasteiger partial charge is 0.337 e. The van der Waals surface area contributed by atoms with Gasteiger partial charge in [0.25, 0.3) is 11.8 Å². The van der Waals surface area contributed by atoms with Crippen molar-refractivity contribution in [2.24, 2.45) is 0 Å². The van der Waals surface area contributed by atoms with Gasteiger partial charge in [0.2, 0.25) is 0 Å². The summed E-state index contributed by atoms with van der Waals surface area (Å²) < 4.78 is 97.9. The first-order chi connectivity index (χ1) is 18.1. The molecule has 0 saturated carbocycles. The zero-order valence-electron chi connectivity index (χ0n) is 19.8. The molecule has 0 fully saturated rings. The van der Waals surface area contributed by atoms with Gasteiger partial charge in [-0.2, -0.15) is 26.3 Å². The number of rotatable bonds is 4. The normalized spacial score (nSPS) is 14.4. The highest BCUT2D eigenvalue weighted by Gasteiger charge is 2.74. The van der Waals surface area contributed by atoms with Gasteiger partial charge < -0.3 is 4.57 Å². The Bertz CT molecular complexity index is 1610. The van der Waals surface area contributed by atoms with Crippen LogP contribution in [0.15, 0.2) is 66.7 Å². The van der Waals surface area contributed by atoms with E-state index in [0.29, 0.717) is 16.2 Å². The van der Waals surface area contributed by atoms with Crippen LogP contribution in [0.4, 0.5) is 36.4 Å². The van der Waals surface area contributed by atoms with Gasteiger partial charge in [0.15, 0.2) is 0 Å². The summed E-state index contributed by atoms with van der Waals surface area (Å²) in [4.78, 5) is 26.7. The molecule has 0 N–H and O–H groups in total. The van der Waals surface area contributed by atoms with Crippen molar-refractivity contribution >= 4 is 40.0 Å². The van der Waals surface area contributed by atoms with Crippen molar-refractivity contribution in [3.8, 4) is 0 Å². The van der Waals surface area contributed by atoms with E-state index in [0.717, 1.165) is 11.0 Å². The van der Waals surface area contributed by atoms with Crippen LogP contribution in [0, 0.1) is 6.92 Å². The third kappa shape index (κ3) is 4.07. The molecule has 5 rings (SSSR count). The summed E-state index contributed by atoms with van der Waals surface area (Å²) in [6.07, 6.45) is -12.6. The minimum atomic E-state index is -6.31. The summed E-state index contributed by atoms with van der Waals surface area (Å²) in [5.74, 6) is -1.14. The van der Waals surface area contributed by atoms with Gasteiger partial charge in [0, 0.05) is 22.5 Å². The number of hydrogen-bond donors (Lipinski definition) is 0. The summed E-state index contributed by atoms with van der Waals surface area (Å²) in [7, 11) is 0. The highest BCUT2D eigenvalue weighted by atomic mass is 35.5. The molecule has 0 unspecified atom stereocenters. The van der Waals surface area contributed by atoms with E-state index in [-0.39, 0.29) is 38.3 Å². The minimum Gasteiger partial charge on any atom is -0.337 e. The third-order valence-corrected chi connectivity index (χ3v) is 6.87. The molecule has 0 spiro atoms. The van der Waals surface area contributed by atoms with E-state index in [1.54, 1.807) is 12.1 Å². The van der Waals surface area contributed by atoms with Crippen molar-refractivity contribution in [3.63, 3.8) is 0 Å². The monoisotopic (exact) mass is 568 g/mol. The second-order valence-corrected chi connectivity index (χ2v) is 9.52. The number of hydrogen-bond acceptors (Lipinski definition) is 2. The second-order valence-electron chi connectivity index (χ2n) is 9.08. The highest BCUT2D eigenvalue weighted by molar-refractivity contribution is 6.34. The number of halogens is 8. The lowest BCUT2D eigenvalue weighted by atomic mass is 9.99. The van der Waals surface area contributed by atoms with Gasteiger partial charge in [-0.05, 0) is 60.5 Å². The number of aromatic nitrogens is 1. The van der Waals surface area contributed by atoms with Crippen LogP contribution < -0.4 is 4.90 Å². The number of carbonyl (C=O) groups is 2. The first-order valence-electron chi connectivity index (χ1n) is 11.3. The molecule has 0 atom stereocenters. The average Bonchev–Trinajstić information content (AvgIpc) is 3.32. The number of carbonyl (C=O) groups excluding carboxylic acids is 2. The van der Waals surface area contributed by atoms with Crippen molar-refractivity contribution in [1.82, 2.24) is 4.57 Å². The summed E-state index contributed by atoms with van der Waals surface area (Å²) in [6, 6.07) is 14.4. The molecular weight excluding hydrogens is 553 g/mol. The summed E-state index contributed by atoms with van der Waals surface area (Å²) in [6.45, 7) is 0.948. The Labute approximate surface area is 221 Å². The van der Waals surface area contributed by atoms with E-state index < -0.39 is 42.1 Å². The second kappa shape index (κ2) is 8.84. The number of alkyl halides is 7. The largest absolute Gasteiger partial charge is 0.437 e. The van der Waals surface area contributed by atoms with Gasteiger partial charge in [-0.1, -0.05) is 35.9 Å². The van der Waals surface area contributed by atoms with Crippen LogP contribution in [-0.2, 0) is 12.2 Å². The van der Waals surface area contributed by atoms with E-state index in [1.807, 2.05) is 0 Å². The number of amides is 2. The lowest BCUT2D eigenvalue weighted by Crippen LogP contribution is -2.51. The number of benzene rings is 3. The Morgan fingerprint density at radius 3 is 1.90 bits per heavy atom. The maximum absolute atomic E-state index is 15.2. The van der Waals surface area contributed by atoms with Crippen molar-refractivity contribution in [3.05, 3.63) is 99.7 Å². The van der Waals surface area contributed by atoms with E-state index >= 15 is 4.39 Å². The van der Waals surface area contributed by atoms with Crippen LogP contribution in [0.2, 0.25) is 5.02 Å². The fraction of sp³-hybridized carbons (Fsp3) is 0.185. The van der Waals surface area contributed by atoms with Gasteiger partial charge in [-0.3, -0.25) is 9.59 Å². The predicted octanol–water partition coefficient (Wildman–Crippen LogP) is 7.74. The lowest BCUT2D eigenvalue weighted by molar-refractivity contribution is -0.350. The number of imide groups is 1. The molecule has 12 heteroatoms. The van der Waals surface area contributed by atoms with Crippen LogP contribution >= 0.6 is 11.6 Å². The molecule has 0 bridgehead atoms. The molecule has 0 saturated heterocycles. The van der Waals surface area contributed by atoms with Crippen molar-refractivity contribution < 1.29 is 40.3 Å². The predicted molar refractivity (Wildman–Crippen MR) is 130 cm³/mol.